The first-order valence-electron chi connectivity index (χ1n) is 4.64. The molecule has 15 heavy (non-hydrogen) atoms. The summed E-state index contributed by atoms with van der Waals surface area (Å²) in [6, 6.07) is 5.86. The van der Waals surface area contributed by atoms with Crippen LogP contribution in [0.1, 0.15) is 12.7 Å². The maximum absolute atomic E-state index is 12.7. The number of aromatic amines is 1. The number of hydrogen-bond acceptors (Lipinski definition) is 2. The third-order valence-corrected chi connectivity index (χ3v) is 2.10. The van der Waals surface area contributed by atoms with Crippen LogP contribution in [-0.2, 0) is 6.42 Å². The van der Waals surface area contributed by atoms with Gasteiger partial charge in [0.25, 0.3) is 0 Å². The van der Waals surface area contributed by atoms with Gasteiger partial charge in [0, 0.05) is 6.42 Å². The average molecular weight is 207 g/mol. The summed E-state index contributed by atoms with van der Waals surface area (Å²) in [7, 11) is 0. The first-order chi connectivity index (χ1) is 7.20. The van der Waals surface area contributed by atoms with Crippen molar-refractivity contribution in [2.24, 2.45) is 0 Å². The van der Waals surface area contributed by atoms with Crippen molar-refractivity contribution in [2.45, 2.75) is 13.3 Å². The maximum Gasteiger partial charge on any atom is 0.361 e. The number of benzene rings is 1. The second-order valence-corrected chi connectivity index (χ2v) is 3.11. The van der Waals surface area contributed by atoms with Crippen molar-refractivity contribution in [3.8, 4) is 5.69 Å². The molecule has 0 bridgehead atoms. The zero-order chi connectivity index (χ0) is 10.8. The predicted octanol–water partition coefficient (Wildman–Crippen LogP) is 1.26. The van der Waals surface area contributed by atoms with E-state index >= 15 is 0 Å². The highest BCUT2D eigenvalue weighted by molar-refractivity contribution is 5.31. The fraction of sp³-hybridized carbons (Fsp3) is 0.200. The molecule has 0 spiro atoms. The van der Waals surface area contributed by atoms with Gasteiger partial charge in [-0.1, -0.05) is 6.92 Å². The molecule has 0 amide bonds. The first kappa shape index (κ1) is 9.64. The van der Waals surface area contributed by atoms with Gasteiger partial charge in [0.2, 0.25) is 0 Å². The van der Waals surface area contributed by atoms with Gasteiger partial charge in [0.1, 0.15) is 11.6 Å². The Morgan fingerprint density at radius 3 is 2.67 bits per heavy atom. The molecule has 78 valence electrons. The van der Waals surface area contributed by atoms with E-state index < -0.39 is 5.69 Å². The van der Waals surface area contributed by atoms with E-state index in [4.69, 9.17) is 0 Å². The van der Waals surface area contributed by atoms with Crippen LogP contribution in [0.25, 0.3) is 5.69 Å². The van der Waals surface area contributed by atoms with E-state index in [9.17, 15) is 9.18 Å². The summed E-state index contributed by atoms with van der Waals surface area (Å²) >= 11 is 0. The molecule has 0 fully saturated rings. The molecule has 0 aliphatic rings. The molecule has 1 aromatic carbocycles. The summed E-state index contributed by atoms with van der Waals surface area (Å²) in [4.78, 5) is 14.8. The van der Waals surface area contributed by atoms with Crippen LogP contribution in [0, 0.1) is 5.82 Å². The van der Waals surface area contributed by atoms with Crippen molar-refractivity contribution in [1.82, 2.24) is 14.8 Å². The molecule has 5 heteroatoms. The third kappa shape index (κ3) is 1.81. The molecule has 0 saturated carbocycles. The summed E-state index contributed by atoms with van der Waals surface area (Å²) in [5, 5.41) is 2.56. The minimum atomic E-state index is -0.392. The van der Waals surface area contributed by atoms with Gasteiger partial charge in [-0.05, 0) is 24.3 Å². The van der Waals surface area contributed by atoms with E-state index in [1.54, 1.807) is 16.8 Å². The Balaban J connectivity index is 2.53. The van der Waals surface area contributed by atoms with Crippen molar-refractivity contribution < 1.29 is 4.39 Å². The normalized spacial score (nSPS) is 10.5. The third-order valence-electron chi connectivity index (χ3n) is 2.10. The standard InChI is InChI=1S/C10H10FN3O/c1-2-9-12-10(15)13-14(9)8-5-3-7(11)4-6-8/h3-6H,2H2,1H3,(H,13,15). The quantitative estimate of drug-likeness (QED) is 0.806. The van der Waals surface area contributed by atoms with Crippen LogP contribution < -0.4 is 5.69 Å². The van der Waals surface area contributed by atoms with Gasteiger partial charge in [-0.3, -0.25) is 0 Å². The van der Waals surface area contributed by atoms with E-state index in [1.807, 2.05) is 6.92 Å². The highest BCUT2D eigenvalue weighted by Crippen LogP contribution is 2.08. The molecule has 0 unspecified atom stereocenters. The summed E-state index contributed by atoms with van der Waals surface area (Å²) in [5.74, 6) is 0.325. The van der Waals surface area contributed by atoms with Crippen molar-refractivity contribution in [3.63, 3.8) is 0 Å². The lowest BCUT2D eigenvalue weighted by Gasteiger charge is -2.04. The number of aromatic nitrogens is 3. The zero-order valence-corrected chi connectivity index (χ0v) is 8.20. The van der Waals surface area contributed by atoms with Gasteiger partial charge < -0.3 is 0 Å². The highest BCUT2D eigenvalue weighted by atomic mass is 19.1. The minimum absolute atomic E-state index is 0.306. The number of nitrogens with zero attached hydrogens (tertiary/aromatic N) is 2. The molecular weight excluding hydrogens is 197 g/mol. The Bertz CT molecular complexity index is 512. The van der Waals surface area contributed by atoms with Crippen LogP contribution in [0.2, 0.25) is 0 Å². The van der Waals surface area contributed by atoms with Crippen LogP contribution in [-0.4, -0.2) is 14.8 Å². The van der Waals surface area contributed by atoms with Gasteiger partial charge in [-0.25, -0.2) is 19.0 Å². The Morgan fingerprint density at radius 2 is 2.07 bits per heavy atom. The monoisotopic (exact) mass is 207 g/mol. The molecule has 2 aromatic rings. The lowest BCUT2D eigenvalue weighted by atomic mass is 10.3. The minimum Gasteiger partial charge on any atom is -0.244 e. The Hall–Kier alpha value is -1.91. The molecule has 2 rings (SSSR count). The van der Waals surface area contributed by atoms with Crippen LogP contribution in [0.4, 0.5) is 4.39 Å². The first-order valence-corrected chi connectivity index (χ1v) is 4.64. The number of aryl methyl sites for hydroxylation is 1. The Labute approximate surface area is 85.4 Å². The van der Waals surface area contributed by atoms with Crippen molar-refractivity contribution >= 4 is 0 Å². The van der Waals surface area contributed by atoms with Crippen LogP contribution in [0.15, 0.2) is 29.1 Å². The number of halogens is 1. The molecular formula is C10H10FN3O. The maximum atomic E-state index is 12.7. The largest absolute Gasteiger partial charge is 0.361 e. The summed E-state index contributed by atoms with van der Waals surface area (Å²) in [6.07, 6.45) is 0.635. The molecule has 1 aromatic heterocycles. The number of H-pyrrole nitrogens is 1. The van der Waals surface area contributed by atoms with E-state index in [2.05, 4.69) is 10.1 Å². The SMILES string of the molecule is CCc1nc(=O)[nH]n1-c1ccc(F)cc1. The molecule has 0 aliphatic carbocycles. The Kier molecular flexibility index (Phi) is 2.37. The zero-order valence-electron chi connectivity index (χ0n) is 8.20. The second kappa shape index (κ2) is 3.68. The fourth-order valence-corrected chi connectivity index (χ4v) is 1.39. The van der Waals surface area contributed by atoms with Crippen molar-refractivity contribution in [1.29, 1.82) is 0 Å². The van der Waals surface area contributed by atoms with Crippen LogP contribution in [0.3, 0.4) is 0 Å². The van der Waals surface area contributed by atoms with Gasteiger partial charge in [-0.2, -0.15) is 4.98 Å². The van der Waals surface area contributed by atoms with E-state index in [-0.39, 0.29) is 5.82 Å². The van der Waals surface area contributed by atoms with Crippen LogP contribution >= 0.6 is 0 Å². The lowest BCUT2D eigenvalue weighted by Crippen LogP contribution is -2.05. The van der Waals surface area contributed by atoms with E-state index in [1.165, 1.54) is 12.1 Å². The number of hydrogen-bond donors (Lipinski definition) is 1. The summed E-state index contributed by atoms with van der Waals surface area (Å²) in [6.45, 7) is 1.90. The fourth-order valence-electron chi connectivity index (χ4n) is 1.39. The highest BCUT2D eigenvalue weighted by Gasteiger charge is 2.05. The average Bonchev–Trinajstić information content (AvgIpc) is 2.61. The van der Waals surface area contributed by atoms with Gasteiger partial charge in [0.05, 0.1) is 5.69 Å². The lowest BCUT2D eigenvalue weighted by molar-refractivity contribution is 0.626. The molecule has 0 radical (unpaired) electrons. The number of nitrogens with one attached hydrogen (secondary N) is 1. The topological polar surface area (TPSA) is 50.7 Å². The van der Waals surface area contributed by atoms with Crippen molar-refractivity contribution in [3.05, 3.63) is 46.4 Å². The predicted molar refractivity (Wildman–Crippen MR) is 53.5 cm³/mol. The molecule has 0 atom stereocenters. The molecule has 1 N–H and O–H groups in total. The van der Waals surface area contributed by atoms with Gasteiger partial charge in [-0.15, -0.1) is 0 Å². The Morgan fingerprint density at radius 1 is 1.40 bits per heavy atom. The second-order valence-electron chi connectivity index (χ2n) is 3.11. The molecule has 0 aliphatic heterocycles. The summed E-state index contributed by atoms with van der Waals surface area (Å²) in [5.41, 5.74) is 0.305. The molecule has 0 saturated heterocycles. The van der Waals surface area contributed by atoms with Gasteiger partial charge >= 0.3 is 5.69 Å². The van der Waals surface area contributed by atoms with Crippen molar-refractivity contribution in [2.75, 3.05) is 0 Å². The van der Waals surface area contributed by atoms with E-state index in [0.29, 0.717) is 17.9 Å². The molecule has 1 heterocycles. The summed E-state index contributed by atoms with van der Waals surface area (Å²) < 4.78 is 14.3. The molecule has 4 nitrogen and oxygen atoms in total. The van der Waals surface area contributed by atoms with Crippen LogP contribution in [0.5, 0.6) is 0 Å². The van der Waals surface area contributed by atoms with Gasteiger partial charge in [0.15, 0.2) is 0 Å². The number of rotatable bonds is 2. The van der Waals surface area contributed by atoms with E-state index in [0.717, 1.165) is 0 Å². The smallest absolute Gasteiger partial charge is 0.244 e.